The maximum atomic E-state index is 13.2. The summed E-state index contributed by atoms with van der Waals surface area (Å²) < 4.78 is 11.9. The van der Waals surface area contributed by atoms with Gasteiger partial charge in [0, 0.05) is 38.0 Å². The summed E-state index contributed by atoms with van der Waals surface area (Å²) in [5, 5.41) is 0. The summed E-state index contributed by atoms with van der Waals surface area (Å²) in [5.74, 6) is 0.318. The van der Waals surface area contributed by atoms with Crippen LogP contribution in [0.3, 0.4) is 0 Å². The van der Waals surface area contributed by atoms with Gasteiger partial charge >= 0.3 is 0 Å². The van der Waals surface area contributed by atoms with Gasteiger partial charge < -0.3 is 19.3 Å². The fraction of sp³-hybridized carbons (Fsp3) is 0.909. The summed E-state index contributed by atoms with van der Waals surface area (Å²) >= 11 is 0. The maximum Gasteiger partial charge on any atom is 0.225 e. The molecule has 2 saturated heterocycles. The maximum absolute atomic E-state index is 13.2. The zero-order valence-electron chi connectivity index (χ0n) is 18.5. The van der Waals surface area contributed by atoms with Crippen LogP contribution < -0.4 is 0 Å². The van der Waals surface area contributed by atoms with Crippen molar-refractivity contribution >= 4 is 11.8 Å². The summed E-state index contributed by atoms with van der Waals surface area (Å²) in [6.07, 6.45) is 3.49. The highest BCUT2D eigenvalue weighted by Crippen LogP contribution is 2.34. The monoisotopic (exact) mass is 394 g/mol. The summed E-state index contributed by atoms with van der Waals surface area (Å²) in [5.41, 5.74) is -0.626. The van der Waals surface area contributed by atoms with Crippen molar-refractivity contribution in [3.05, 3.63) is 0 Å². The molecule has 160 valence electrons. The highest BCUT2D eigenvalue weighted by atomic mass is 16.5. The van der Waals surface area contributed by atoms with Crippen molar-refractivity contribution in [2.75, 3.05) is 26.2 Å². The van der Waals surface area contributed by atoms with Gasteiger partial charge in [0.25, 0.3) is 0 Å². The Morgan fingerprint density at radius 3 is 1.54 bits per heavy atom. The van der Waals surface area contributed by atoms with E-state index in [-0.39, 0.29) is 47.1 Å². The van der Waals surface area contributed by atoms with E-state index in [0.29, 0.717) is 32.6 Å². The van der Waals surface area contributed by atoms with Crippen LogP contribution in [0.4, 0.5) is 0 Å². The molecule has 0 N–H and O–H groups in total. The molecule has 28 heavy (non-hydrogen) atoms. The average Bonchev–Trinajstić information content (AvgIpc) is 2.57. The Hall–Kier alpha value is -1.14. The van der Waals surface area contributed by atoms with Gasteiger partial charge in [0.15, 0.2) is 0 Å². The number of amides is 2. The average molecular weight is 395 g/mol. The van der Waals surface area contributed by atoms with Crippen LogP contribution in [0.25, 0.3) is 0 Å². The first-order valence-corrected chi connectivity index (χ1v) is 10.9. The van der Waals surface area contributed by atoms with Crippen molar-refractivity contribution in [3.8, 4) is 0 Å². The lowest BCUT2D eigenvalue weighted by Gasteiger charge is -2.45. The normalized spacial score (nSPS) is 35.5. The lowest BCUT2D eigenvalue weighted by molar-refractivity contribution is -0.166. The van der Waals surface area contributed by atoms with Crippen molar-refractivity contribution in [2.24, 2.45) is 11.8 Å². The van der Waals surface area contributed by atoms with Crippen LogP contribution in [0.1, 0.15) is 67.2 Å². The minimum Gasteiger partial charge on any atom is -0.369 e. The number of hydrogen-bond donors (Lipinski definition) is 0. The molecule has 0 radical (unpaired) electrons. The van der Waals surface area contributed by atoms with Crippen LogP contribution in [0, 0.1) is 11.8 Å². The van der Waals surface area contributed by atoms with Crippen LogP contribution in [0.5, 0.6) is 0 Å². The second-order valence-electron chi connectivity index (χ2n) is 10.4. The summed E-state index contributed by atoms with van der Waals surface area (Å²) in [7, 11) is 0. The number of rotatable bonds is 2. The topological polar surface area (TPSA) is 59.1 Å². The molecule has 6 nitrogen and oxygen atoms in total. The number of morpholine rings is 2. The minimum atomic E-state index is -0.313. The molecule has 0 bridgehead atoms. The SMILES string of the molecule is C[C@@H]1CN(C(=O)[C@@H]2CCC[C@H](C(=O)N3C[C@H](C)OC(C)(C)C3)C2)CC(C)(C)O1. The Bertz CT molecular complexity index is 553. The second-order valence-corrected chi connectivity index (χ2v) is 10.4. The van der Waals surface area contributed by atoms with E-state index in [1.807, 2.05) is 51.3 Å². The first kappa shape index (κ1) is 21.6. The van der Waals surface area contributed by atoms with Crippen LogP contribution in [0.2, 0.25) is 0 Å². The van der Waals surface area contributed by atoms with Crippen molar-refractivity contribution < 1.29 is 19.1 Å². The fourth-order valence-corrected chi connectivity index (χ4v) is 5.40. The largest absolute Gasteiger partial charge is 0.369 e. The number of ether oxygens (including phenoxy) is 2. The van der Waals surface area contributed by atoms with Crippen LogP contribution >= 0.6 is 0 Å². The van der Waals surface area contributed by atoms with E-state index < -0.39 is 0 Å². The molecular formula is C22H38N2O4. The van der Waals surface area contributed by atoms with Crippen LogP contribution in [-0.2, 0) is 19.1 Å². The van der Waals surface area contributed by atoms with Gasteiger partial charge in [-0.25, -0.2) is 0 Å². The molecule has 0 aromatic rings. The van der Waals surface area contributed by atoms with Crippen molar-refractivity contribution in [2.45, 2.75) is 90.6 Å². The third kappa shape index (κ3) is 5.07. The minimum absolute atomic E-state index is 0.0460. The molecule has 2 heterocycles. The smallest absolute Gasteiger partial charge is 0.225 e. The fourth-order valence-electron chi connectivity index (χ4n) is 5.40. The van der Waals surface area contributed by atoms with E-state index in [1.54, 1.807) is 0 Å². The molecule has 3 rings (SSSR count). The highest BCUT2D eigenvalue weighted by Gasteiger charge is 2.41. The molecule has 0 aromatic carbocycles. The van der Waals surface area contributed by atoms with Gasteiger partial charge in [-0.2, -0.15) is 0 Å². The van der Waals surface area contributed by atoms with E-state index >= 15 is 0 Å². The molecule has 1 saturated carbocycles. The molecule has 2 aliphatic heterocycles. The van der Waals surface area contributed by atoms with Crippen molar-refractivity contribution in [1.29, 1.82) is 0 Å². The molecule has 4 atom stereocenters. The lowest BCUT2D eigenvalue weighted by atomic mass is 9.79. The van der Waals surface area contributed by atoms with E-state index in [0.717, 1.165) is 19.3 Å². The van der Waals surface area contributed by atoms with Gasteiger partial charge in [-0.15, -0.1) is 0 Å². The van der Waals surface area contributed by atoms with E-state index in [1.165, 1.54) is 0 Å². The third-order valence-electron chi connectivity index (χ3n) is 6.13. The number of nitrogens with zero attached hydrogens (tertiary/aromatic N) is 2. The van der Waals surface area contributed by atoms with Gasteiger partial charge in [-0.05, 0) is 60.8 Å². The molecular weight excluding hydrogens is 356 g/mol. The standard InChI is InChI=1S/C22H38N2O4/c1-15-11-23(13-21(3,4)27-15)19(25)17-8-7-9-18(10-17)20(26)24-12-16(2)28-22(5,6)14-24/h15-18H,7-14H2,1-6H3/t15-,16+,17-,18+. The van der Waals surface area contributed by atoms with Crippen LogP contribution in [0.15, 0.2) is 0 Å². The van der Waals surface area contributed by atoms with E-state index in [2.05, 4.69) is 0 Å². The highest BCUT2D eigenvalue weighted by molar-refractivity contribution is 5.83. The third-order valence-corrected chi connectivity index (χ3v) is 6.13. The van der Waals surface area contributed by atoms with E-state index in [4.69, 9.17) is 9.47 Å². The second kappa shape index (κ2) is 7.94. The molecule has 2 amide bonds. The Balaban J connectivity index is 1.63. The van der Waals surface area contributed by atoms with Gasteiger partial charge in [0.2, 0.25) is 11.8 Å². The first-order chi connectivity index (χ1) is 13.0. The Labute approximate surface area is 169 Å². The number of carbonyl (C=O) groups is 2. The first-order valence-electron chi connectivity index (χ1n) is 10.9. The molecule has 0 spiro atoms. The Morgan fingerprint density at radius 2 is 1.18 bits per heavy atom. The molecule has 0 aromatic heterocycles. The quantitative estimate of drug-likeness (QED) is 0.723. The predicted molar refractivity (Wildman–Crippen MR) is 108 cm³/mol. The number of carbonyl (C=O) groups excluding carboxylic acids is 2. The van der Waals surface area contributed by atoms with Crippen molar-refractivity contribution in [1.82, 2.24) is 9.80 Å². The van der Waals surface area contributed by atoms with Gasteiger partial charge in [-0.3, -0.25) is 9.59 Å². The molecule has 3 aliphatic rings. The Kier molecular flexibility index (Phi) is 6.12. The van der Waals surface area contributed by atoms with Gasteiger partial charge in [0.05, 0.1) is 23.4 Å². The zero-order chi connectivity index (χ0) is 20.7. The van der Waals surface area contributed by atoms with Gasteiger partial charge in [-0.1, -0.05) is 6.42 Å². The molecule has 0 unspecified atom stereocenters. The zero-order valence-corrected chi connectivity index (χ0v) is 18.5. The summed E-state index contributed by atoms with van der Waals surface area (Å²) in [6.45, 7) is 14.7. The van der Waals surface area contributed by atoms with E-state index in [9.17, 15) is 9.59 Å². The molecule has 3 fully saturated rings. The van der Waals surface area contributed by atoms with Crippen LogP contribution in [-0.4, -0.2) is 71.2 Å². The van der Waals surface area contributed by atoms with Gasteiger partial charge in [0.1, 0.15) is 0 Å². The lowest BCUT2D eigenvalue weighted by Crippen LogP contribution is -2.56. The summed E-state index contributed by atoms with van der Waals surface area (Å²) in [4.78, 5) is 30.4. The molecule has 6 heteroatoms. The number of hydrogen-bond acceptors (Lipinski definition) is 4. The Morgan fingerprint density at radius 1 is 0.786 bits per heavy atom. The predicted octanol–water partition coefficient (Wildman–Crippen LogP) is 2.84. The molecule has 1 aliphatic carbocycles. The van der Waals surface area contributed by atoms with Crippen molar-refractivity contribution in [3.63, 3.8) is 0 Å². The summed E-state index contributed by atoms with van der Waals surface area (Å²) in [6, 6.07) is 0.